The molecule has 0 unspecified atom stereocenters. The molecule has 0 radical (unpaired) electrons. The summed E-state index contributed by atoms with van der Waals surface area (Å²) in [6.07, 6.45) is 4.09. The van der Waals surface area contributed by atoms with Crippen LogP contribution in [0.5, 0.6) is 0 Å². The Balaban J connectivity index is 2.45. The molecule has 0 saturated heterocycles. The van der Waals surface area contributed by atoms with Crippen LogP contribution in [0.4, 0.5) is 0 Å². The van der Waals surface area contributed by atoms with E-state index >= 15 is 0 Å². The van der Waals surface area contributed by atoms with E-state index in [1.807, 2.05) is 37.3 Å². The van der Waals surface area contributed by atoms with Crippen molar-refractivity contribution in [3.63, 3.8) is 0 Å². The van der Waals surface area contributed by atoms with E-state index in [-0.39, 0.29) is 0 Å². The molecule has 17 heavy (non-hydrogen) atoms. The summed E-state index contributed by atoms with van der Waals surface area (Å²) in [4.78, 5) is 0. The number of rotatable bonds is 2. The fourth-order valence-corrected chi connectivity index (χ4v) is 1.99. The van der Waals surface area contributed by atoms with Crippen LogP contribution in [-0.2, 0) is 0 Å². The third-order valence-corrected chi connectivity index (χ3v) is 3.24. The maximum absolute atomic E-state index is 6.02. The van der Waals surface area contributed by atoms with E-state index in [0.29, 0.717) is 10.0 Å². The Labute approximate surface area is 112 Å². The maximum atomic E-state index is 6.02. The van der Waals surface area contributed by atoms with Gasteiger partial charge in [0.1, 0.15) is 0 Å². The van der Waals surface area contributed by atoms with Gasteiger partial charge in [-0.2, -0.15) is 0 Å². The molecule has 86 valence electrons. The summed E-state index contributed by atoms with van der Waals surface area (Å²) in [5, 5.41) is 1.17. The van der Waals surface area contributed by atoms with Gasteiger partial charge in [-0.1, -0.05) is 59.6 Å². The normalized spacial score (nSPS) is 11.0. The Morgan fingerprint density at radius 1 is 0.882 bits per heavy atom. The Morgan fingerprint density at radius 3 is 2.35 bits per heavy atom. The highest BCUT2D eigenvalue weighted by molar-refractivity contribution is 6.42. The molecule has 2 heteroatoms. The smallest absolute Gasteiger partial charge is 0.0598 e. The molecule has 0 N–H and O–H groups in total. The van der Waals surface area contributed by atoms with E-state index in [4.69, 9.17) is 23.2 Å². The molecule has 0 fully saturated rings. The van der Waals surface area contributed by atoms with Gasteiger partial charge in [0.05, 0.1) is 10.0 Å². The van der Waals surface area contributed by atoms with Crippen LogP contribution in [0.2, 0.25) is 10.0 Å². The predicted molar refractivity (Wildman–Crippen MR) is 76.6 cm³/mol. The fraction of sp³-hybridized carbons (Fsp3) is 0.0667. The maximum Gasteiger partial charge on any atom is 0.0598 e. The second-order valence-corrected chi connectivity index (χ2v) is 4.57. The van der Waals surface area contributed by atoms with Crippen molar-refractivity contribution in [2.24, 2.45) is 0 Å². The van der Waals surface area contributed by atoms with Crippen molar-refractivity contribution in [1.82, 2.24) is 0 Å². The van der Waals surface area contributed by atoms with Crippen LogP contribution in [0.15, 0.2) is 48.5 Å². The highest BCUT2D eigenvalue weighted by atomic mass is 35.5. The van der Waals surface area contributed by atoms with Gasteiger partial charge in [0.25, 0.3) is 0 Å². The van der Waals surface area contributed by atoms with Crippen molar-refractivity contribution < 1.29 is 0 Å². The highest BCUT2D eigenvalue weighted by Crippen LogP contribution is 2.28. The first-order valence-corrected chi connectivity index (χ1v) is 6.14. The largest absolute Gasteiger partial charge is 0.0871 e. The molecule has 0 nitrogen and oxygen atoms in total. The lowest BCUT2D eigenvalue weighted by molar-refractivity contribution is 1.59. The van der Waals surface area contributed by atoms with Gasteiger partial charge in [-0.15, -0.1) is 0 Å². The zero-order valence-electron chi connectivity index (χ0n) is 9.45. The zero-order valence-corrected chi connectivity index (χ0v) is 11.0. The van der Waals surface area contributed by atoms with E-state index in [0.717, 1.165) is 11.1 Å². The molecule has 0 atom stereocenters. The van der Waals surface area contributed by atoms with Crippen LogP contribution in [0.25, 0.3) is 17.2 Å². The first kappa shape index (κ1) is 12.2. The molecule has 0 aliphatic heterocycles. The summed E-state index contributed by atoms with van der Waals surface area (Å²) in [7, 11) is 0. The van der Waals surface area contributed by atoms with Gasteiger partial charge < -0.3 is 0 Å². The first-order chi connectivity index (χ1) is 8.20. The third-order valence-electron chi connectivity index (χ3n) is 2.50. The average molecular weight is 263 g/mol. The molecule has 2 aromatic carbocycles. The van der Waals surface area contributed by atoms with Gasteiger partial charge in [-0.3, -0.25) is 0 Å². The standard InChI is InChI=1S/C15H12Cl2/c1-2-4-11-5-3-6-12(9-11)13-7-8-14(16)15(17)10-13/h2-10H,1H3/b4-2-. The monoisotopic (exact) mass is 262 g/mol. The molecule has 0 heterocycles. The fourth-order valence-electron chi connectivity index (χ4n) is 1.69. The summed E-state index contributed by atoms with van der Waals surface area (Å²) < 4.78 is 0. The summed E-state index contributed by atoms with van der Waals surface area (Å²) in [5.41, 5.74) is 3.39. The van der Waals surface area contributed by atoms with Gasteiger partial charge in [-0.25, -0.2) is 0 Å². The molecule has 2 aromatic rings. The van der Waals surface area contributed by atoms with E-state index in [2.05, 4.69) is 24.3 Å². The second-order valence-electron chi connectivity index (χ2n) is 3.75. The number of hydrogen-bond acceptors (Lipinski definition) is 0. The molecular formula is C15H12Cl2. The van der Waals surface area contributed by atoms with Crippen molar-refractivity contribution in [3.8, 4) is 11.1 Å². The lowest BCUT2D eigenvalue weighted by atomic mass is 10.0. The summed E-state index contributed by atoms with van der Waals surface area (Å²) in [5.74, 6) is 0. The van der Waals surface area contributed by atoms with Gasteiger partial charge >= 0.3 is 0 Å². The van der Waals surface area contributed by atoms with Gasteiger partial charge in [0, 0.05) is 0 Å². The Kier molecular flexibility index (Phi) is 3.88. The first-order valence-electron chi connectivity index (χ1n) is 5.39. The highest BCUT2D eigenvalue weighted by Gasteiger charge is 2.02. The van der Waals surface area contributed by atoms with Crippen molar-refractivity contribution in [3.05, 3.63) is 64.1 Å². The molecule has 2 rings (SSSR count). The van der Waals surface area contributed by atoms with E-state index in [9.17, 15) is 0 Å². The SMILES string of the molecule is C/C=C\c1cccc(-c2ccc(Cl)c(Cl)c2)c1. The van der Waals surface area contributed by atoms with Crippen molar-refractivity contribution in [2.45, 2.75) is 6.92 Å². The van der Waals surface area contributed by atoms with Crippen molar-refractivity contribution in [2.75, 3.05) is 0 Å². The van der Waals surface area contributed by atoms with Crippen molar-refractivity contribution >= 4 is 29.3 Å². The predicted octanol–water partition coefficient (Wildman–Crippen LogP) is 5.69. The Bertz CT molecular complexity index is 557. The van der Waals surface area contributed by atoms with Crippen molar-refractivity contribution in [1.29, 1.82) is 0 Å². The molecule has 0 aliphatic rings. The molecule has 0 bridgehead atoms. The molecule has 0 aromatic heterocycles. The molecule has 0 aliphatic carbocycles. The lowest BCUT2D eigenvalue weighted by Crippen LogP contribution is -1.80. The minimum absolute atomic E-state index is 0.583. The van der Waals surface area contributed by atoms with Crippen LogP contribution < -0.4 is 0 Å². The third kappa shape index (κ3) is 2.91. The Morgan fingerprint density at radius 2 is 1.65 bits per heavy atom. The number of allylic oxidation sites excluding steroid dienone is 1. The summed E-state index contributed by atoms with van der Waals surface area (Å²) >= 11 is 11.9. The molecule has 0 spiro atoms. The lowest BCUT2D eigenvalue weighted by Gasteiger charge is -2.04. The van der Waals surface area contributed by atoms with Gasteiger partial charge in [-0.05, 0) is 41.8 Å². The van der Waals surface area contributed by atoms with Crippen LogP contribution in [-0.4, -0.2) is 0 Å². The van der Waals surface area contributed by atoms with Crippen LogP contribution in [0.1, 0.15) is 12.5 Å². The van der Waals surface area contributed by atoms with Crippen LogP contribution >= 0.6 is 23.2 Å². The quantitative estimate of drug-likeness (QED) is 0.652. The molecular weight excluding hydrogens is 251 g/mol. The van der Waals surface area contributed by atoms with Crippen LogP contribution in [0, 0.1) is 0 Å². The van der Waals surface area contributed by atoms with E-state index in [1.54, 1.807) is 0 Å². The average Bonchev–Trinajstić information content (AvgIpc) is 2.33. The van der Waals surface area contributed by atoms with Gasteiger partial charge in [0.2, 0.25) is 0 Å². The van der Waals surface area contributed by atoms with E-state index < -0.39 is 0 Å². The topological polar surface area (TPSA) is 0 Å². The minimum atomic E-state index is 0.583. The number of hydrogen-bond donors (Lipinski definition) is 0. The Hall–Kier alpha value is -1.24. The molecule has 0 amide bonds. The summed E-state index contributed by atoms with van der Waals surface area (Å²) in [6, 6.07) is 14.0. The van der Waals surface area contributed by atoms with Crippen LogP contribution in [0.3, 0.4) is 0 Å². The number of halogens is 2. The minimum Gasteiger partial charge on any atom is -0.0871 e. The van der Waals surface area contributed by atoms with Gasteiger partial charge in [0.15, 0.2) is 0 Å². The summed E-state index contributed by atoms with van der Waals surface area (Å²) in [6.45, 7) is 2.01. The number of benzene rings is 2. The van der Waals surface area contributed by atoms with E-state index in [1.165, 1.54) is 5.56 Å². The zero-order chi connectivity index (χ0) is 12.3. The molecule has 0 saturated carbocycles. The second kappa shape index (κ2) is 5.39.